The number of nitrogens with zero attached hydrogens (tertiary/aromatic N) is 1. The molecule has 0 amide bonds. The summed E-state index contributed by atoms with van der Waals surface area (Å²) in [6, 6.07) is 5.89. The van der Waals surface area contributed by atoms with Gasteiger partial charge in [0, 0.05) is 47.5 Å². The number of carbonyl (C=O) groups excluding carboxylic acids is 3. The Hall–Kier alpha value is -2.93. The number of aldehydes is 1. The molecule has 0 spiro atoms. The van der Waals surface area contributed by atoms with Crippen LogP contribution in [0, 0.1) is 5.92 Å². The van der Waals surface area contributed by atoms with Gasteiger partial charge in [-0.25, -0.2) is 4.79 Å². The van der Waals surface area contributed by atoms with Gasteiger partial charge < -0.3 is 13.7 Å². The minimum atomic E-state index is -2.43. The summed E-state index contributed by atoms with van der Waals surface area (Å²) in [6.45, 7) is 14.9. The third kappa shape index (κ3) is 4.66. The first-order valence-corrected chi connectivity index (χ1v) is 14.8. The Labute approximate surface area is 209 Å². The molecule has 1 aromatic heterocycles. The van der Waals surface area contributed by atoms with E-state index in [9.17, 15) is 14.4 Å². The normalized spacial score (nSPS) is 18.0. The lowest BCUT2D eigenvalue weighted by Crippen LogP contribution is -2.43. The fraction of sp³-hybridized carbons (Fsp3) is 0.464. The Bertz CT molecular complexity index is 1240. The molecule has 35 heavy (non-hydrogen) atoms. The number of carbonyl (C=O) groups is 3. The van der Waals surface area contributed by atoms with Crippen LogP contribution >= 0.6 is 0 Å². The number of hydrogen-bond acceptors (Lipinski definition) is 5. The third-order valence-corrected chi connectivity index (χ3v) is 12.1. The van der Waals surface area contributed by atoms with Crippen molar-refractivity contribution in [3.05, 3.63) is 53.4 Å². The Morgan fingerprint density at radius 3 is 2.43 bits per heavy atom. The van der Waals surface area contributed by atoms with E-state index in [0.717, 1.165) is 22.0 Å². The average Bonchev–Trinajstić information content (AvgIpc) is 3.09. The molecule has 0 aliphatic heterocycles. The van der Waals surface area contributed by atoms with E-state index in [4.69, 9.17) is 9.16 Å². The van der Waals surface area contributed by atoms with Gasteiger partial charge in [-0.15, -0.1) is 0 Å². The zero-order chi connectivity index (χ0) is 26.3. The van der Waals surface area contributed by atoms with Crippen LogP contribution in [-0.2, 0) is 36.0 Å². The standard InChI is InChI=1S/C28H37NO5Si/c1-27(2,3)35(8,9)34-25-20(16-18(31)12-11-15-30)28(4,5)21-17-29(6)22-14-10-13-19(23(21)22)24(25)26(32)33-7/h10-15,17,20H,16H2,1-9H3/b12-11+. The number of benzene rings is 1. The summed E-state index contributed by atoms with van der Waals surface area (Å²) in [7, 11) is 0.921. The summed E-state index contributed by atoms with van der Waals surface area (Å²) in [4.78, 5) is 37.3. The predicted molar refractivity (Wildman–Crippen MR) is 141 cm³/mol. The topological polar surface area (TPSA) is 74.6 Å². The fourth-order valence-corrected chi connectivity index (χ4v) is 5.69. The van der Waals surface area contributed by atoms with Gasteiger partial charge >= 0.3 is 5.97 Å². The van der Waals surface area contributed by atoms with E-state index in [-0.39, 0.29) is 17.2 Å². The average molecular weight is 496 g/mol. The van der Waals surface area contributed by atoms with Crippen molar-refractivity contribution in [2.24, 2.45) is 13.0 Å². The highest BCUT2D eigenvalue weighted by Gasteiger charge is 2.48. The van der Waals surface area contributed by atoms with E-state index < -0.39 is 25.6 Å². The van der Waals surface area contributed by atoms with Crippen LogP contribution in [0.25, 0.3) is 16.5 Å². The molecule has 1 aliphatic carbocycles. The summed E-state index contributed by atoms with van der Waals surface area (Å²) < 4.78 is 14.3. The predicted octanol–water partition coefficient (Wildman–Crippen LogP) is 5.71. The molecule has 0 N–H and O–H groups in total. The van der Waals surface area contributed by atoms with Crippen molar-refractivity contribution < 1.29 is 23.5 Å². The highest BCUT2D eigenvalue weighted by atomic mass is 28.4. The molecule has 1 unspecified atom stereocenters. The largest absolute Gasteiger partial charge is 0.546 e. The summed E-state index contributed by atoms with van der Waals surface area (Å²) in [5.74, 6) is -0.631. The van der Waals surface area contributed by atoms with Gasteiger partial charge in [-0.05, 0) is 41.9 Å². The number of methoxy groups -OCH3 is 1. The van der Waals surface area contributed by atoms with E-state index in [1.807, 2.05) is 25.2 Å². The third-order valence-electron chi connectivity index (χ3n) is 7.74. The van der Waals surface area contributed by atoms with Crippen molar-refractivity contribution in [1.29, 1.82) is 0 Å². The van der Waals surface area contributed by atoms with Crippen molar-refractivity contribution in [3.63, 3.8) is 0 Å². The van der Waals surface area contributed by atoms with Crippen LogP contribution in [0.4, 0.5) is 0 Å². The smallest absolute Gasteiger partial charge is 0.341 e. The van der Waals surface area contributed by atoms with Crippen molar-refractivity contribution in [2.75, 3.05) is 7.11 Å². The lowest BCUT2D eigenvalue weighted by atomic mass is 9.71. The van der Waals surface area contributed by atoms with Crippen LogP contribution in [0.2, 0.25) is 18.1 Å². The first-order chi connectivity index (χ1) is 16.2. The Kier molecular flexibility index (Phi) is 7.06. The molecule has 0 saturated heterocycles. The molecule has 3 rings (SSSR count). The van der Waals surface area contributed by atoms with Crippen LogP contribution < -0.4 is 0 Å². The molecule has 0 bridgehead atoms. The summed E-state index contributed by atoms with van der Waals surface area (Å²) in [5, 5.41) is 0.833. The van der Waals surface area contributed by atoms with Gasteiger partial charge in [0.05, 0.1) is 12.9 Å². The Balaban J connectivity index is 2.45. The maximum absolute atomic E-state index is 13.4. The maximum Gasteiger partial charge on any atom is 0.341 e. The minimum Gasteiger partial charge on any atom is -0.546 e. The van der Waals surface area contributed by atoms with Crippen LogP contribution in [-0.4, -0.2) is 38.0 Å². The van der Waals surface area contributed by atoms with Gasteiger partial charge in [-0.3, -0.25) is 9.59 Å². The molecule has 7 heteroatoms. The molecule has 1 atom stereocenters. The van der Waals surface area contributed by atoms with Gasteiger partial charge in [0.2, 0.25) is 8.32 Å². The van der Waals surface area contributed by atoms with Crippen LogP contribution in [0.15, 0.2) is 42.3 Å². The van der Waals surface area contributed by atoms with Crippen molar-refractivity contribution in [2.45, 2.75) is 64.6 Å². The summed E-state index contributed by atoms with van der Waals surface area (Å²) in [6.07, 6.45) is 5.27. The van der Waals surface area contributed by atoms with Crippen molar-refractivity contribution in [1.82, 2.24) is 4.57 Å². The van der Waals surface area contributed by atoms with Crippen molar-refractivity contribution in [3.8, 4) is 0 Å². The number of allylic oxidation sites excluding steroid dienone is 3. The van der Waals surface area contributed by atoms with E-state index in [1.165, 1.54) is 19.3 Å². The first kappa shape index (κ1) is 26.7. The molecule has 0 saturated carbocycles. The zero-order valence-corrected chi connectivity index (χ0v) is 23.3. The number of esters is 1. The number of aryl methyl sites for hydroxylation is 1. The first-order valence-electron chi connectivity index (χ1n) is 11.9. The number of hydrogen-bond donors (Lipinski definition) is 0. The van der Waals surface area contributed by atoms with Gasteiger partial charge in [0.15, 0.2) is 5.78 Å². The lowest BCUT2D eigenvalue weighted by molar-refractivity contribution is -0.134. The summed E-state index contributed by atoms with van der Waals surface area (Å²) >= 11 is 0. The van der Waals surface area contributed by atoms with Gasteiger partial charge in [0.25, 0.3) is 0 Å². The van der Waals surface area contributed by atoms with Gasteiger partial charge in [-0.1, -0.05) is 46.8 Å². The minimum absolute atomic E-state index is 0.0895. The highest BCUT2D eigenvalue weighted by Crippen LogP contribution is 2.51. The number of ketones is 1. The van der Waals surface area contributed by atoms with Crippen LogP contribution in [0.3, 0.4) is 0 Å². The van der Waals surface area contributed by atoms with Gasteiger partial charge in [0.1, 0.15) is 11.9 Å². The van der Waals surface area contributed by atoms with E-state index in [1.54, 1.807) is 0 Å². The van der Waals surface area contributed by atoms with E-state index in [2.05, 4.69) is 58.5 Å². The molecule has 0 fully saturated rings. The number of aromatic nitrogens is 1. The lowest BCUT2D eigenvalue weighted by Gasteiger charge is -2.42. The van der Waals surface area contributed by atoms with Crippen molar-refractivity contribution >= 4 is 42.8 Å². The molecular formula is C28H37NO5Si. The van der Waals surface area contributed by atoms with E-state index >= 15 is 0 Å². The fourth-order valence-electron chi connectivity index (χ4n) is 4.59. The molecule has 1 aliphatic rings. The number of rotatable bonds is 7. The molecule has 0 radical (unpaired) electrons. The molecule has 1 aromatic carbocycles. The SMILES string of the molecule is COC(=O)C1=C(O[Si](C)(C)C(C)(C)C)C(CC(=O)/C=C/C=O)C(C)(C)c2cn(C)c3cccc1c23. The van der Waals surface area contributed by atoms with Crippen LogP contribution in [0.1, 0.15) is 52.2 Å². The van der Waals surface area contributed by atoms with Crippen LogP contribution in [0.5, 0.6) is 0 Å². The Morgan fingerprint density at radius 2 is 1.86 bits per heavy atom. The molecular weight excluding hydrogens is 458 g/mol. The summed E-state index contributed by atoms with van der Waals surface area (Å²) in [5.41, 5.74) is 2.60. The quantitative estimate of drug-likeness (QED) is 0.213. The number of ether oxygens (including phenoxy) is 1. The van der Waals surface area contributed by atoms with E-state index in [0.29, 0.717) is 17.6 Å². The molecule has 188 valence electrons. The molecule has 1 heterocycles. The second-order valence-electron chi connectivity index (χ2n) is 11.4. The maximum atomic E-state index is 13.4. The molecule has 6 nitrogen and oxygen atoms in total. The zero-order valence-electron chi connectivity index (χ0n) is 22.3. The second-order valence-corrected chi connectivity index (χ2v) is 16.1. The monoisotopic (exact) mass is 495 g/mol. The Morgan fingerprint density at radius 1 is 1.20 bits per heavy atom. The second kappa shape index (κ2) is 9.26. The highest BCUT2D eigenvalue weighted by molar-refractivity contribution is 6.74. The van der Waals surface area contributed by atoms with Gasteiger partial charge in [-0.2, -0.15) is 0 Å². The molecule has 2 aromatic rings.